The van der Waals surface area contributed by atoms with Gasteiger partial charge in [-0.2, -0.15) is 0 Å². The Bertz CT molecular complexity index is 479. The first kappa shape index (κ1) is 10.7. The van der Waals surface area contributed by atoms with Crippen molar-refractivity contribution in [1.29, 1.82) is 0 Å². The molecule has 0 spiro atoms. The average molecular weight is 217 g/mol. The van der Waals surface area contributed by atoms with E-state index in [1.807, 2.05) is 23.8 Å². The third-order valence-corrected chi connectivity index (χ3v) is 2.62. The first-order valence-electron chi connectivity index (χ1n) is 5.19. The van der Waals surface area contributed by atoms with E-state index in [1.165, 1.54) is 0 Å². The van der Waals surface area contributed by atoms with Crippen molar-refractivity contribution in [1.82, 2.24) is 9.55 Å². The first-order chi connectivity index (χ1) is 7.66. The Kier molecular flexibility index (Phi) is 2.92. The Hall–Kier alpha value is -1.81. The molecule has 0 radical (unpaired) electrons. The number of aromatic hydroxyl groups is 1. The van der Waals surface area contributed by atoms with Gasteiger partial charge < -0.3 is 15.4 Å². The van der Waals surface area contributed by atoms with Gasteiger partial charge in [0.2, 0.25) is 0 Å². The van der Waals surface area contributed by atoms with Crippen molar-refractivity contribution in [2.45, 2.75) is 19.5 Å². The molecule has 16 heavy (non-hydrogen) atoms. The number of hydrogen-bond acceptors (Lipinski definition) is 3. The molecule has 0 aliphatic rings. The number of rotatable bonds is 3. The summed E-state index contributed by atoms with van der Waals surface area (Å²) in [6, 6.07) is 6.90. The smallest absolute Gasteiger partial charge is 0.115 e. The minimum absolute atomic E-state index is 0.139. The number of phenolic OH excluding ortho intramolecular Hbond substituents is 1. The van der Waals surface area contributed by atoms with Gasteiger partial charge in [0.1, 0.15) is 11.6 Å². The topological polar surface area (TPSA) is 64.1 Å². The summed E-state index contributed by atoms with van der Waals surface area (Å²) in [6.07, 6.45) is 3.66. The minimum atomic E-state index is -0.139. The van der Waals surface area contributed by atoms with Crippen LogP contribution in [0.2, 0.25) is 0 Å². The van der Waals surface area contributed by atoms with Crippen LogP contribution in [0.1, 0.15) is 17.4 Å². The van der Waals surface area contributed by atoms with Crippen LogP contribution in [0.3, 0.4) is 0 Å². The molecule has 1 aromatic carbocycles. The standard InChI is InChI=1S/C12H15N3O/c1-9-14-5-6-15(9)8-12(13)10-3-2-4-11(16)7-10/h2-7,12,16H,8,13H2,1H3. The lowest BCUT2D eigenvalue weighted by Gasteiger charge is -2.14. The van der Waals surface area contributed by atoms with Gasteiger partial charge in [-0.25, -0.2) is 4.98 Å². The molecule has 0 saturated heterocycles. The number of nitrogens with two attached hydrogens (primary N) is 1. The van der Waals surface area contributed by atoms with Gasteiger partial charge in [0.05, 0.1) is 0 Å². The molecule has 0 fully saturated rings. The van der Waals surface area contributed by atoms with E-state index in [2.05, 4.69) is 4.98 Å². The molecule has 2 rings (SSSR count). The van der Waals surface area contributed by atoms with E-state index in [9.17, 15) is 5.11 Å². The molecule has 1 unspecified atom stereocenters. The number of hydrogen-bond donors (Lipinski definition) is 2. The SMILES string of the molecule is Cc1nccn1CC(N)c1cccc(O)c1. The molecular formula is C12H15N3O. The van der Waals surface area contributed by atoms with E-state index in [0.717, 1.165) is 11.4 Å². The van der Waals surface area contributed by atoms with Gasteiger partial charge in [-0.3, -0.25) is 0 Å². The zero-order chi connectivity index (χ0) is 11.5. The molecule has 4 nitrogen and oxygen atoms in total. The molecule has 84 valence electrons. The average Bonchev–Trinajstić information content (AvgIpc) is 2.64. The molecule has 0 amide bonds. The second-order valence-corrected chi connectivity index (χ2v) is 3.83. The van der Waals surface area contributed by atoms with Crippen LogP contribution in [-0.2, 0) is 6.54 Å². The van der Waals surface area contributed by atoms with Crippen LogP contribution in [0.15, 0.2) is 36.7 Å². The molecule has 1 atom stereocenters. The minimum Gasteiger partial charge on any atom is -0.508 e. The van der Waals surface area contributed by atoms with Gasteiger partial charge in [0.25, 0.3) is 0 Å². The Balaban J connectivity index is 2.14. The Labute approximate surface area is 94.4 Å². The molecule has 3 N–H and O–H groups in total. The molecule has 0 saturated carbocycles. The van der Waals surface area contributed by atoms with Gasteiger partial charge in [0.15, 0.2) is 0 Å². The molecule has 0 aliphatic carbocycles. The normalized spacial score (nSPS) is 12.6. The fourth-order valence-corrected chi connectivity index (χ4v) is 1.67. The van der Waals surface area contributed by atoms with Crippen LogP contribution < -0.4 is 5.73 Å². The van der Waals surface area contributed by atoms with Gasteiger partial charge >= 0.3 is 0 Å². The number of imidazole rings is 1. The predicted octanol–water partition coefficient (Wildman–Crippen LogP) is 1.60. The number of aromatic nitrogens is 2. The van der Waals surface area contributed by atoms with Crippen LogP contribution in [0.4, 0.5) is 0 Å². The lowest BCUT2D eigenvalue weighted by molar-refractivity contribution is 0.472. The third-order valence-electron chi connectivity index (χ3n) is 2.62. The number of benzene rings is 1. The highest BCUT2D eigenvalue weighted by molar-refractivity contribution is 5.29. The van der Waals surface area contributed by atoms with Crippen LogP contribution in [-0.4, -0.2) is 14.7 Å². The van der Waals surface area contributed by atoms with Crippen molar-refractivity contribution >= 4 is 0 Å². The Morgan fingerprint density at radius 3 is 2.94 bits per heavy atom. The van der Waals surface area contributed by atoms with Gasteiger partial charge in [0, 0.05) is 25.0 Å². The summed E-state index contributed by atoms with van der Waals surface area (Å²) in [5.74, 6) is 1.19. The maximum atomic E-state index is 9.37. The van der Waals surface area contributed by atoms with Crippen molar-refractivity contribution in [3.05, 3.63) is 48.0 Å². The summed E-state index contributed by atoms with van der Waals surface area (Å²) in [5.41, 5.74) is 6.99. The van der Waals surface area contributed by atoms with Crippen molar-refractivity contribution in [2.24, 2.45) is 5.73 Å². The monoisotopic (exact) mass is 217 g/mol. The Morgan fingerprint density at radius 1 is 1.50 bits per heavy atom. The highest BCUT2D eigenvalue weighted by atomic mass is 16.3. The lowest BCUT2D eigenvalue weighted by atomic mass is 10.1. The molecule has 1 aromatic heterocycles. The summed E-state index contributed by atoms with van der Waals surface area (Å²) in [7, 11) is 0. The van der Waals surface area contributed by atoms with Gasteiger partial charge in [-0.05, 0) is 24.6 Å². The third kappa shape index (κ3) is 2.23. The maximum Gasteiger partial charge on any atom is 0.115 e. The zero-order valence-electron chi connectivity index (χ0n) is 9.17. The zero-order valence-corrected chi connectivity index (χ0v) is 9.17. The predicted molar refractivity (Wildman–Crippen MR) is 62.0 cm³/mol. The summed E-state index contributed by atoms with van der Waals surface area (Å²) < 4.78 is 1.99. The number of aryl methyl sites for hydroxylation is 1. The van der Waals surface area contributed by atoms with E-state index >= 15 is 0 Å². The largest absolute Gasteiger partial charge is 0.508 e. The van der Waals surface area contributed by atoms with Crippen molar-refractivity contribution < 1.29 is 5.11 Å². The summed E-state index contributed by atoms with van der Waals surface area (Å²) in [4.78, 5) is 4.14. The second kappa shape index (κ2) is 4.37. The molecule has 2 aromatic rings. The molecule has 0 bridgehead atoms. The first-order valence-corrected chi connectivity index (χ1v) is 5.19. The fraction of sp³-hybridized carbons (Fsp3) is 0.250. The van der Waals surface area contributed by atoms with E-state index in [-0.39, 0.29) is 11.8 Å². The van der Waals surface area contributed by atoms with Crippen molar-refractivity contribution in [3.8, 4) is 5.75 Å². The number of nitrogens with zero attached hydrogens (tertiary/aromatic N) is 2. The van der Waals surface area contributed by atoms with E-state index in [1.54, 1.807) is 24.4 Å². The summed E-state index contributed by atoms with van der Waals surface area (Å²) in [6.45, 7) is 2.60. The maximum absolute atomic E-state index is 9.37. The second-order valence-electron chi connectivity index (χ2n) is 3.83. The Morgan fingerprint density at radius 2 is 2.31 bits per heavy atom. The fourth-order valence-electron chi connectivity index (χ4n) is 1.67. The van der Waals surface area contributed by atoms with Crippen LogP contribution in [0.25, 0.3) is 0 Å². The van der Waals surface area contributed by atoms with E-state index < -0.39 is 0 Å². The number of phenols is 1. The molecular weight excluding hydrogens is 202 g/mol. The van der Waals surface area contributed by atoms with E-state index in [0.29, 0.717) is 6.54 Å². The highest BCUT2D eigenvalue weighted by Gasteiger charge is 2.08. The molecule has 0 aliphatic heterocycles. The van der Waals surface area contributed by atoms with Crippen molar-refractivity contribution in [3.63, 3.8) is 0 Å². The van der Waals surface area contributed by atoms with Gasteiger partial charge in [-0.15, -0.1) is 0 Å². The highest BCUT2D eigenvalue weighted by Crippen LogP contribution is 2.18. The van der Waals surface area contributed by atoms with Crippen LogP contribution in [0, 0.1) is 6.92 Å². The van der Waals surface area contributed by atoms with Gasteiger partial charge in [-0.1, -0.05) is 12.1 Å². The summed E-state index contributed by atoms with van der Waals surface area (Å²) in [5, 5.41) is 9.37. The molecule has 4 heteroatoms. The lowest BCUT2D eigenvalue weighted by Crippen LogP contribution is -2.17. The summed E-state index contributed by atoms with van der Waals surface area (Å²) >= 11 is 0. The van der Waals surface area contributed by atoms with Crippen LogP contribution >= 0.6 is 0 Å². The van der Waals surface area contributed by atoms with E-state index in [4.69, 9.17) is 5.73 Å². The molecule has 1 heterocycles. The quantitative estimate of drug-likeness (QED) is 0.820. The van der Waals surface area contributed by atoms with Crippen molar-refractivity contribution in [2.75, 3.05) is 0 Å². The van der Waals surface area contributed by atoms with Crippen LogP contribution in [0.5, 0.6) is 5.75 Å².